The number of carbonyl (C=O) groups excluding carboxylic acids is 2. The molecule has 2 aromatic rings. The molecular weight excluding hydrogens is 396 g/mol. The molecule has 0 radical (unpaired) electrons. The van der Waals surface area contributed by atoms with Gasteiger partial charge in [0.05, 0.1) is 29.5 Å². The van der Waals surface area contributed by atoms with Crippen LogP contribution in [0.15, 0.2) is 23.8 Å². The van der Waals surface area contributed by atoms with Crippen LogP contribution in [0.25, 0.3) is 4.83 Å². The summed E-state index contributed by atoms with van der Waals surface area (Å²) in [6, 6.07) is -0.310. The maximum Gasteiger partial charge on any atom is 0.352 e. The van der Waals surface area contributed by atoms with E-state index in [2.05, 4.69) is 5.32 Å². The van der Waals surface area contributed by atoms with Crippen molar-refractivity contribution in [2.24, 2.45) is 11.8 Å². The molecule has 4 atom stereocenters. The van der Waals surface area contributed by atoms with Gasteiger partial charge < -0.3 is 20.4 Å². The quantitative estimate of drug-likeness (QED) is 0.333. The van der Waals surface area contributed by atoms with Crippen LogP contribution in [0, 0.1) is 18.8 Å². The average Bonchev–Trinajstić information content (AvgIpc) is 3.24. The number of imidazole rings is 1. The number of carboxylic acid groups (broad SMARTS) is 1. The van der Waals surface area contributed by atoms with Gasteiger partial charge in [0.25, 0.3) is 0 Å². The van der Waals surface area contributed by atoms with Crippen LogP contribution >= 0.6 is 11.3 Å². The number of nitrogens with one attached hydrogen (secondary N) is 1. The number of β-lactam (4-membered cyclic amide) rings is 1. The monoisotopic (exact) mass is 419 g/mol. The lowest BCUT2D eigenvalue weighted by molar-refractivity contribution is -0.688. The molecule has 4 rings (SSSR count). The first kappa shape index (κ1) is 19.6. The molecular formula is C19H23N4O5S+. The Bertz CT molecular complexity index is 1050. The van der Waals surface area contributed by atoms with E-state index in [0.717, 1.165) is 15.4 Å². The van der Waals surface area contributed by atoms with E-state index in [1.165, 1.54) is 4.90 Å². The van der Waals surface area contributed by atoms with Gasteiger partial charge in [0.2, 0.25) is 23.5 Å². The highest BCUT2D eigenvalue weighted by Gasteiger charge is 2.60. The third-order valence-corrected chi connectivity index (χ3v) is 7.18. The number of aromatic nitrogens is 2. The number of fused-ring (bicyclic) bond motifs is 2. The van der Waals surface area contributed by atoms with Crippen LogP contribution in [0.4, 0.5) is 0 Å². The number of nitrogens with zero attached hydrogens (tertiary/aromatic N) is 3. The standard InChI is InChI=1S/C19H22N4O5S/c1-9-12(17(19(27)28)23-16(9)15(11(3)25)18(23)26)5-21-6-14-22(8-21)10(2)13(29-14)4-20-7-24/h6-9,11,15-16,25H,4-5H2,1-3H3,(H-,20,24,27,28)/p+1/t9-,11+,15+,16+/m0/s1. The fourth-order valence-electron chi connectivity index (χ4n) is 4.54. The molecule has 2 aliphatic rings. The molecule has 1 saturated heterocycles. The maximum atomic E-state index is 12.4. The molecule has 0 spiro atoms. The minimum Gasteiger partial charge on any atom is -0.477 e. The molecule has 0 saturated carbocycles. The van der Waals surface area contributed by atoms with Crippen molar-refractivity contribution in [1.29, 1.82) is 0 Å². The minimum absolute atomic E-state index is 0.0408. The van der Waals surface area contributed by atoms with Crippen molar-refractivity contribution in [2.45, 2.75) is 46.0 Å². The Morgan fingerprint density at radius 1 is 1.48 bits per heavy atom. The molecule has 1 fully saturated rings. The minimum atomic E-state index is -1.12. The lowest BCUT2D eigenvalue weighted by Crippen LogP contribution is -2.63. The van der Waals surface area contributed by atoms with Crippen LogP contribution in [0.3, 0.4) is 0 Å². The number of aryl methyl sites for hydroxylation is 1. The fraction of sp³-hybridized carbons (Fsp3) is 0.474. The summed E-state index contributed by atoms with van der Waals surface area (Å²) in [5.74, 6) is -2.16. The highest BCUT2D eigenvalue weighted by Crippen LogP contribution is 2.47. The van der Waals surface area contributed by atoms with Crippen molar-refractivity contribution in [1.82, 2.24) is 14.6 Å². The number of hydrogen-bond acceptors (Lipinski definition) is 5. The Morgan fingerprint density at radius 2 is 2.21 bits per heavy atom. The lowest BCUT2D eigenvalue weighted by atomic mass is 9.78. The summed E-state index contributed by atoms with van der Waals surface area (Å²) in [5, 5.41) is 22.4. The Hall–Kier alpha value is -2.72. The second kappa shape index (κ2) is 6.96. The van der Waals surface area contributed by atoms with E-state index in [-0.39, 0.29) is 23.6 Å². The van der Waals surface area contributed by atoms with Gasteiger partial charge in [0.1, 0.15) is 24.1 Å². The molecule has 0 aromatic carbocycles. The highest BCUT2D eigenvalue weighted by atomic mass is 32.1. The topological polar surface area (TPSA) is 115 Å². The van der Waals surface area contributed by atoms with Crippen LogP contribution in [-0.2, 0) is 27.5 Å². The van der Waals surface area contributed by atoms with E-state index in [0.29, 0.717) is 25.1 Å². The first-order chi connectivity index (χ1) is 13.8. The smallest absolute Gasteiger partial charge is 0.352 e. The lowest BCUT2D eigenvalue weighted by Gasteiger charge is -2.46. The number of rotatable bonds is 7. The average molecular weight is 419 g/mol. The molecule has 0 unspecified atom stereocenters. The third kappa shape index (κ3) is 2.85. The molecule has 2 aliphatic heterocycles. The second-order valence-electron chi connectivity index (χ2n) is 7.67. The van der Waals surface area contributed by atoms with Crippen LogP contribution in [0.5, 0.6) is 0 Å². The largest absolute Gasteiger partial charge is 0.477 e. The SMILES string of the molecule is Cc1c(CNC=O)sc2c[n+](CC3=C(C(=O)O)N4C(=O)[C@H]([C@@H](C)O)[C@H]4[C@H]3C)cn12. The predicted octanol–water partition coefficient (Wildman–Crippen LogP) is 0.0389. The van der Waals surface area contributed by atoms with Gasteiger partial charge in [-0.05, 0) is 13.8 Å². The van der Waals surface area contributed by atoms with Crippen molar-refractivity contribution in [3.05, 3.63) is 34.4 Å². The number of aliphatic carboxylic acids is 1. The predicted molar refractivity (Wildman–Crippen MR) is 103 cm³/mol. The molecule has 0 aliphatic carbocycles. The zero-order valence-electron chi connectivity index (χ0n) is 16.3. The van der Waals surface area contributed by atoms with Crippen molar-refractivity contribution in [3.8, 4) is 0 Å². The number of amides is 2. The Balaban J connectivity index is 1.65. The number of aliphatic hydroxyl groups excluding tert-OH is 1. The molecule has 0 bridgehead atoms. The molecule has 2 aromatic heterocycles. The van der Waals surface area contributed by atoms with E-state index in [9.17, 15) is 24.6 Å². The van der Waals surface area contributed by atoms with Crippen molar-refractivity contribution in [2.75, 3.05) is 0 Å². The first-order valence-corrected chi connectivity index (χ1v) is 10.2. The fourth-order valence-corrected chi connectivity index (χ4v) is 5.66. The summed E-state index contributed by atoms with van der Waals surface area (Å²) in [4.78, 5) is 38.3. The van der Waals surface area contributed by atoms with E-state index >= 15 is 0 Å². The number of thiazole rings is 1. The van der Waals surface area contributed by atoms with E-state index in [1.54, 1.807) is 18.3 Å². The zero-order valence-corrected chi connectivity index (χ0v) is 17.1. The Kier molecular flexibility index (Phi) is 4.70. The van der Waals surface area contributed by atoms with Gasteiger partial charge in [-0.1, -0.05) is 18.3 Å². The summed E-state index contributed by atoms with van der Waals surface area (Å²) in [6.45, 7) is 6.27. The van der Waals surface area contributed by atoms with Crippen LogP contribution in [0.1, 0.15) is 24.4 Å². The van der Waals surface area contributed by atoms with Crippen molar-refractivity contribution >= 4 is 34.5 Å². The van der Waals surface area contributed by atoms with Crippen LogP contribution < -0.4 is 9.88 Å². The molecule has 10 heteroatoms. The van der Waals surface area contributed by atoms with Crippen LogP contribution in [0.2, 0.25) is 0 Å². The van der Waals surface area contributed by atoms with Gasteiger partial charge in [-0.2, -0.15) is 4.40 Å². The molecule has 9 nitrogen and oxygen atoms in total. The molecule has 3 N–H and O–H groups in total. The molecule has 154 valence electrons. The molecule has 29 heavy (non-hydrogen) atoms. The number of aliphatic hydroxyl groups is 1. The Labute approximate surface area is 170 Å². The third-order valence-electron chi connectivity index (χ3n) is 5.99. The summed E-state index contributed by atoms with van der Waals surface area (Å²) in [5.41, 5.74) is 1.74. The van der Waals surface area contributed by atoms with Gasteiger partial charge in [0.15, 0.2) is 0 Å². The number of hydrogen-bond donors (Lipinski definition) is 3. The summed E-state index contributed by atoms with van der Waals surface area (Å²) in [6.07, 6.45) is 3.69. The second-order valence-corrected chi connectivity index (χ2v) is 8.78. The normalized spacial score (nSPS) is 24.6. The summed E-state index contributed by atoms with van der Waals surface area (Å²) in [7, 11) is 0. The Morgan fingerprint density at radius 3 is 2.79 bits per heavy atom. The van der Waals surface area contributed by atoms with Gasteiger partial charge in [0, 0.05) is 11.5 Å². The molecule has 4 heterocycles. The summed E-state index contributed by atoms with van der Waals surface area (Å²) >= 11 is 1.56. The number of carboxylic acids is 1. The number of carbonyl (C=O) groups is 3. The summed E-state index contributed by atoms with van der Waals surface area (Å²) < 4.78 is 3.92. The maximum absolute atomic E-state index is 12.4. The van der Waals surface area contributed by atoms with Gasteiger partial charge >= 0.3 is 5.97 Å². The van der Waals surface area contributed by atoms with Gasteiger partial charge in [-0.15, -0.1) is 0 Å². The van der Waals surface area contributed by atoms with E-state index in [4.69, 9.17) is 0 Å². The van der Waals surface area contributed by atoms with Gasteiger partial charge in [-0.25, -0.2) is 9.36 Å². The molecule has 2 amide bonds. The highest BCUT2D eigenvalue weighted by molar-refractivity contribution is 7.17. The van der Waals surface area contributed by atoms with E-state index in [1.807, 2.05) is 35.3 Å². The van der Waals surface area contributed by atoms with E-state index < -0.39 is 18.0 Å². The zero-order chi connectivity index (χ0) is 21.0. The van der Waals surface area contributed by atoms with Crippen molar-refractivity contribution in [3.63, 3.8) is 0 Å². The first-order valence-electron chi connectivity index (χ1n) is 9.40. The van der Waals surface area contributed by atoms with Crippen LogP contribution in [-0.4, -0.2) is 49.9 Å². The van der Waals surface area contributed by atoms with Crippen molar-refractivity contribution < 1.29 is 29.2 Å². The van der Waals surface area contributed by atoms with Gasteiger partial charge in [-0.3, -0.25) is 9.59 Å².